The summed E-state index contributed by atoms with van der Waals surface area (Å²) in [5, 5.41) is 13.0. The zero-order valence-electron chi connectivity index (χ0n) is 10.2. The lowest BCUT2D eigenvalue weighted by Crippen LogP contribution is -2.39. The van der Waals surface area contributed by atoms with Gasteiger partial charge in [0.05, 0.1) is 6.10 Å². The van der Waals surface area contributed by atoms with E-state index in [2.05, 4.69) is 24.1 Å². The maximum Gasteiger partial charge on any atom is 0.0791 e. The molecule has 15 heavy (non-hydrogen) atoms. The summed E-state index contributed by atoms with van der Waals surface area (Å²) >= 11 is 0. The molecule has 1 saturated carbocycles. The Bertz CT molecular complexity index is 160. The third-order valence-electron chi connectivity index (χ3n) is 2.85. The van der Waals surface area contributed by atoms with Crippen molar-refractivity contribution in [2.45, 2.75) is 39.2 Å². The van der Waals surface area contributed by atoms with Gasteiger partial charge in [0.1, 0.15) is 0 Å². The lowest BCUT2D eigenvalue weighted by Gasteiger charge is -2.24. The fourth-order valence-electron chi connectivity index (χ4n) is 1.91. The summed E-state index contributed by atoms with van der Waals surface area (Å²) < 4.78 is 0. The van der Waals surface area contributed by atoms with E-state index < -0.39 is 0 Å². The highest BCUT2D eigenvalue weighted by Gasteiger charge is 2.24. The number of rotatable bonds is 9. The van der Waals surface area contributed by atoms with Gasteiger partial charge in [0.25, 0.3) is 0 Å². The normalized spacial score (nSPS) is 18.4. The van der Waals surface area contributed by atoms with Crippen LogP contribution in [0, 0.1) is 5.92 Å². The summed E-state index contributed by atoms with van der Waals surface area (Å²) in [7, 11) is 0. The first-order chi connectivity index (χ1) is 7.26. The van der Waals surface area contributed by atoms with E-state index in [1.54, 1.807) is 0 Å². The van der Waals surface area contributed by atoms with Crippen LogP contribution >= 0.6 is 0 Å². The highest BCUT2D eigenvalue weighted by molar-refractivity contribution is 4.78. The van der Waals surface area contributed by atoms with Crippen LogP contribution in [0.3, 0.4) is 0 Å². The monoisotopic (exact) mass is 214 g/mol. The summed E-state index contributed by atoms with van der Waals surface area (Å²) in [5.74, 6) is 0.919. The molecule has 1 fully saturated rings. The molecule has 1 rings (SSSR count). The number of aliphatic hydroxyl groups is 1. The molecule has 0 radical (unpaired) electrons. The number of hydrogen-bond acceptors (Lipinski definition) is 3. The van der Waals surface area contributed by atoms with Crippen molar-refractivity contribution >= 4 is 0 Å². The molecule has 1 aliphatic rings. The van der Waals surface area contributed by atoms with Gasteiger partial charge in [0.2, 0.25) is 0 Å². The van der Waals surface area contributed by atoms with Crippen molar-refractivity contribution in [1.29, 1.82) is 0 Å². The molecule has 1 aliphatic carbocycles. The van der Waals surface area contributed by atoms with E-state index in [-0.39, 0.29) is 6.10 Å². The van der Waals surface area contributed by atoms with E-state index in [1.165, 1.54) is 25.8 Å². The minimum atomic E-state index is -0.213. The van der Waals surface area contributed by atoms with Crippen molar-refractivity contribution in [3.63, 3.8) is 0 Å². The molecule has 90 valence electrons. The van der Waals surface area contributed by atoms with E-state index in [1.807, 2.05) is 0 Å². The van der Waals surface area contributed by atoms with Crippen LogP contribution in [0.5, 0.6) is 0 Å². The molecule has 3 heteroatoms. The number of aliphatic hydroxyl groups excluding tert-OH is 1. The Morgan fingerprint density at radius 3 is 2.67 bits per heavy atom. The maximum atomic E-state index is 9.81. The summed E-state index contributed by atoms with van der Waals surface area (Å²) in [5.41, 5.74) is 0. The Kier molecular flexibility index (Phi) is 6.22. The molecule has 1 unspecified atom stereocenters. The van der Waals surface area contributed by atoms with Crippen molar-refractivity contribution < 1.29 is 5.11 Å². The molecule has 0 aliphatic heterocycles. The zero-order chi connectivity index (χ0) is 11.1. The summed E-state index contributed by atoms with van der Waals surface area (Å²) in [4.78, 5) is 2.42. The summed E-state index contributed by atoms with van der Waals surface area (Å²) in [6.45, 7) is 9.08. The van der Waals surface area contributed by atoms with Gasteiger partial charge in [-0.05, 0) is 38.3 Å². The summed E-state index contributed by atoms with van der Waals surface area (Å²) in [6, 6.07) is 0. The summed E-state index contributed by atoms with van der Waals surface area (Å²) in [6.07, 6.45) is 3.75. The molecule has 3 nitrogen and oxygen atoms in total. The lowest BCUT2D eigenvalue weighted by molar-refractivity contribution is 0.109. The van der Waals surface area contributed by atoms with Crippen molar-refractivity contribution in [3.8, 4) is 0 Å². The van der Waals surface area contributed by atoms with Gasteiger partial charge in [-0.3, -0.25) is 0 Å². The van der Waals surface area contributed by atoms with Gasteiger partial charge in [-0.15, -0.1) is 0 Å². The zero-order valence-corrected chi connectivity index (χ0v) is 10.2. The second kappa shape index (κ2) is 7.20. The topological polar surface area (TPSA) is 35.5 Å². The highest BCUT2D eigenvalue weighted by atomic mass is 16.3. The Labute approximate surface area is 93.9 Å². The Balaban J connectivity index is 2.15. The molecular formula is C12H26N2O. The van der Waals surface area contributed by atoms with Crippen LogP contribution in [0.15, 0.2) is 0 Å². The third-order valence-corrected chi connectivity index (χ3v) is 2.85. The van der Waals surface area contributed by atoms with Crippen LogP contribution in [0.2, 0.25) is 0 Å². The smallest absolute Gasteiger partial charge is 0.0791 e. The standard InChI is InChI=1S/C12H26N2O/c1-3-7-14(9-11-5-6-11)10-12(15)8-13-4-2/h11-13,15H,3-10H2,1-2H3. The van der Waals surface area contributed by atoms with E-state index in [0.29, 0.717) is 0 Å². The van der Waals surface area contributed by atoms with Crippen LogP contribution in [-0.2, 0) is 0 Å². The largest absolute Gasteiger partial charge is 0.390 e. The van der Waals surface area contributed by atoms with Gasteiger partial charge in [0.15, 0.2) is 0 Å². The molecule has 2 N–H and O–H groups in total. The molecule has 0 bridgehead atoms. The van der Waals surface area contributed by atoms with E-state index >= 15 is 0 Å². The first-order valence-electron chi connectivity index (χ1n) is 6.37. The lowest BCUT2D eigenvalue weighted by atomic mass is 10.2. The third kappa shape index (κ3) is 6.13. The van der Waals surface area contributed by atoms with Gasteiger partial charge < -0.3 is 15.3 Å². The van der Waals surface area contributed by atoms with Crippen LogP contribution < -0.4 is 5.32 Å². The first kappa shape index (κ1) is 12.9. The van der Waals surface area contributed by atoms with E-state index in [4.69, 9.17) is 0 Å². The number of hydrogen-bond donors (Lipinski definition) is 2. The number of nitrogens with zero attached hydrogens (tertiary/aromatic N) is 1. The Morgan fingerprint density at radius 1 is 1.40 bits per heavy atom. The fourth-order valence-corrected chi connectivity index (χ4v) is 1.91. The Hall–Kier alpha value is -0.120. The van der Waals surface area contributed by atoms with Gasteiger partial charge >= 0.3 is 0 Å². The predicted molar refractivity (Wildman–Crippen MR) is 64.0 cm³/mol. The van der Waals surface area contributed by atoms with E-state index in [0.717, 1.165) is 32.1 Å². The molecule has 0 amide bonds. The minimum Gasteiger partial charge on any atom is -0.390 e. The molecule has 0 aromatic heterocycles. The van der Waals surface area contributed by atoms with Gasteiger partial charge in [0, 0.05) is 19.6 Å². The molecule has 0 saturated heterocycles. The highest BCUT2D eigenvalue weighted by Crippen LogP contribution is 2.29. The van der Waals surface area contributed by atoms with Gasteiger partial charge in [-0.2, -0.15) is 0 Å². The first-order valence-corrected chi connectivity index (χ1v) is 6.37. The average molecular weight is 214 g/mol. The maximum absolute atomic E-state index is 9.81. The van der Waals surface area contributed by atoms with Crippen LogP contribution in [0.25, 0.3) is 0 Å². The van der Waals surface area contributed by atoms with Gasteiger partial charge in [-0.1, -0.05) is 13.8 Å². The number of nitrogens with one attached hydrogen (secondary N) is 1. The van der Waals surface area contributed by atoms with Gasteiger partial charge in [-0.25, -0.2) is 0 Å². The van der Waals surface area contributed by atoms with Crippen LogP contribution in [0.1, 0.15) is 33.1 Å². The Morgan fingerprint density at radius 2 is 2.13 bits per heavy atom. The second-order valence-electron chi connectivity index (χ2n) is 4.66. The average Bonchev–Trinajstić information content (AvgIpc) is 2.99. The SMILES string of the molecule is CCCN(CC(O)CNCC)CC1CC1. The number of likely N-dealkylation sites (N-methyl/N-ethyl adjacent to an activating group) is 1. The quantitative estimate of drug-likeness (QED) is 0.603. The van der Waals surface area contributed by atoms with Crippen molar-refractivity contribution in [2.75, 3.05) is 32.7 Å². The molecule has 1 atom stereocenters. The van der Waals surface area contributed by atoms with Crippen molar-refractivity contribution in [1.82, 2.24) is 10.2 Å². The second-order valence-corrected chi connectivity index (χ2v) is 4.66. The molecular weight excluding hydrogens is 188 g/mol. The van der Waals surface area contributed by atoms with Crippen LogP contribution in [-0.4, -0.2) is 48.8 Å². The molecule has 0 aromatic carbocycles. The minimum absolute atomic E-state index is 0.213. The van der Waals surface area contributed by atoms with Crippen LogP contribution in [0.4, 0.5) is 0 Å². The van der Waals surface area contributed by atoms with E-state index in [9.17, 15) is 5.11 Å². The fraction of sp³-hybridized carbons (Fsp3) is 1.00. The molecule has 0 heterocycles. The van der Waals surface area contributed by atoms with Crippen molar-refractivity contribution in [3.05, 3.63) is 0 Å². The van der Waals surface area contributed by atoms with Crippen molar-refractivity contribution in [2.24, 2.45) is 5.92 Å². The molecule has 0 spiro atoms. The predicted octanol–water partition coefficient (Wildman–Crippen LogP) is 1.08. The molecule has 0 aromatic rings.